The van der Waals surface area contributed by atoms with Crippen molar-refractivity contribution in [3.63, 3.8) is 0 Å². The van der Waals surface area contributed by atoms with Crippen molar-refractivity contribution in [1.29, 1.82) is 0 Å². The fourth-order valence-corrected chi connectivity index (χ4v) is 11.2. The van der Waals surface area contributed by atoms with Crippen LogP contribution in [0.2, 0.25) is 0 Å². The lowest BCUT2D eigenvalue weighted by Gasteiger charge is -2.47. The van der Waals surface area contributed by atoms with E-state index in [0.29, 0.717) is 5.82 Å². The van der Waals surface area contributed by atoms with E-state index in [1.807, 2.05) is 30.3 Å². The van der Waals surface area contributed by atoms with Crippen LogP contribution in [-0.2, 0) is 10.8 Å². The van der Waals surface area contributed by atoms with Gasteiger partial charge in [0.05, 0.1) is 16.8 Å². The number of rotatable bonds is 6. The second-order valence-corrected chi connectivity index (χ2v) is 18.0. The molecule has 2 aliphatic rings. The Labute approximate surface area is 380 Å². The summed E-state index contributed by atoms with van der Waals surface area (Å²) in [4.78, 5) is 10.5. The highest BCUT2D eigenvalue weighted by molar-refractivity contribution is 6.09. The molecular weight excluding hydrogens is 789 g/mol. The maximum Gasteiger partial charge on any atom is 0.160 e. The lowest BCUT2D eigenvalue weighted by molar-refractivity contribution is 0.558. The topological polar surface area (TPSA) is 38.9 Å². The molecule has 0 saturated heterocycles. The summed E-state index contributed by atoms with van der Waals surface area (Å²) in [7, 11) is 0. The Bertz CT molecular complexity index is 3540. The molecule has 0 radical (unpaired) electrons. The molecule has 2 heterocycles. The molecule has 0 bridgehead atoms. The average molecular weight is 835 g/mol. The van der Waals surface area contributed by atoms with Gasteiger partial charge >= 0.3 is 0 Å². The summed E-state index contributed by atoms with van der Waals surface area (Å²) in [6, 6.07) is 69.8. The van der Waals surface area contributed by atoms with Crippen LogP contribution in [-0.4, -0.2) is 9.97 Å². The summed E-state index contributed by atoms with van der Waals surface area (Å²) < 4.78 is 6.41. The fourth-order valence-electron chi connectivity index (χ4n) is 11.2. The van der Waals surface area contributed by atoms with Crippen LogP contribution >= 0.6 is 0 Å². The third kappa shape index (κ3) is 5.82. The molecule has 0 unspecified atom stereocenters. The van der Waals surface area contributed by atoms with E-state index in [1.165, 1.54) is 50.1 Å². The van der Waals surface area contributed by atoms with Crippen LogP contribution in [0.5, 0.6) is 0 Å². The standard InChI is InChI=1S/C62H46N2O/c1-5-18-45-39(2)62(52-29-12-10-27-50(52)61(3,4)51-28-11-13-30-53(51)62)54-31-17-24-46(58(45)54)43-21-15-22-44(37-43)56-38-55(63-60(64-56)42-19-7-6-8-20-42)41-35-33-40(34-36-41)47-25-16-26-49-48-23-9-14-32-57(48)65-59(47)49/h5-38H,1-4H3/b18-5-. The molecule has 0 amide bonds. The average Bonchev–Trinajstić information content (AvgIpc) is 3.86. The van der Waals surface area contributed by atoms with Gasteiger partial charge in [0.2, 0.25) is 0 Å². The molecule has 8 aromatic carbocycles. The van der Waals surface area contributed by atoms with Crippen LogP contribution in [0.1, 0.15) is 61.1 Å². The summed E-state index contributed by atoms with van der Waals surface area (Å²) in [5.41, 5.74) is 21.2. The first-order valence-electron chi connectivity index (χ1n) is 22.6. The third-order valence-corrected chi connectivity index (χ3v) is 14.2. The van der Waals surface area contributed by atoms with Crippen LogP contribution in [0.15, 0.2) is 216 Å². The quantitative estimate of drug-likeness (QED) is 0.167. The van der Waals surface area contributed by atoms with Crippen molar-refractivity contribution < 1.29 is 4.42 Å². The molecule has 10 aromatic rings. The van der Waals surface area contributed by atoms with Crippen LogP contribution in [0, 0.1) is 0 Å². The molecule has 0 fully saturated rings. The highest BCUT2D eigenvalue weighted by atomic mass is 16.3. The van der Waals surface area contributed by atoms with Gasteiger partial charge in [-0.3, -0.25) is 0 Å². The lowest BCUT2D eigenvalue weighted by atomic mass is 9.55. The highest BCUT2D eigenvalue weighted by Gasteiger charge is 2.53. The summed E-state index contributed by atoms with van der Waals surface area (Å²) in [5.74, 6) is 0.689. The van der Waals surface area contributed by atoms with Crippen molar-refractivity contribution in [2.45, 2.75) is 38.5 Å². The van der Waals surface area contributed by atoms with E-state index in [9.17, 15) is 0 Å². The number of allylic oxidation sites excluding steroid dienone is 4. The van der Waals surface area contributed by atoms with Gasteiger partial charge in [0.15, 0.2) is 5.82 Å². The van der Waals surface area contributed by atoms with Gasteiger partial charge in [0, 0.05) is 38.4 Å². The van der Waals surface area contributed by atoms with Gasteiger partial charge in [0.1, 0.15) is 11.2 Å². The van der Waals surface area contributed by atoms with Gasteiger partial charge in [-0.25, -0.2) is 9.97 Å². The molecule has 2 aliphatic carbocycles. The summed E-state index contributed by atoms with van der Waals surface area (Å²) >= 11 is 0. The second kappa shape index (κ2) is 14.9. The predicted octanol–water partition coefficient (Wildman–Crippen LogP) is 16.0. The van der Waals surface area contributed by atoms with E-state index < -0.39 is 5.41 Å². The van der Waals surface area contributed by atoms with Gasteiger partial charge in [-0.05, 0) is 93.3 Å². The molecule has 12 rings (SSSR count). The van der Waals surface area contributed by atoms with Crippen molar-refractivity contribution in [1.82, 2.24) is 9.97 Å². The van der Waals surface area contributed by atoms with Gasteiger partial charge in [-0.2, -0.15) is 0 Å². The molecule has 3 nitrogen and oxygen atoms in total. The first kappa shape index (κ1) is 38.8. The molecule has 310 valence electrons. The Hall–Kier alpha value is -7.88. The molecule has 65 heavy (non-hydrogen) atoms. The minimum absolute atomic E-state index is 0.144. The van der Waals surface area contributed by atoms with Crippen LogP contribution in [0.3, 0.4) is 0 Å². The van der Waals surface area contributed by atoms with Crippen molar-refractivity contribution in [2.24, 2.45) is 0 Å². The molecule has 0 saturated carbocycles. The Morgan fingerprint density at radius 1 is 0.462 bits per heavy atom. The maximum absolute atomic E-state index is 6.41. The molecule has 0 atom stereocenters. The lowest BCUT2D eigenvalue weighted by Crippen LogP contribution is -2.40. The number of fused-ring (bicyclic) bond motifs is 9. The zero-order chi connectivity index (χ0) is 43.9. The Balaban J connectivity index is 0.996. The first-order valence-corrected chi connectivity index (χ1v) is 22.6. The zero-order valence-corrected chi connectivity index (χ0v) is 36.9. The van der Waals surface area contributed by atoms with Gasteiger partial charge < -0.3 is 4.42 Å². The van der Waals surface area contributed by atoms with Crippen LogP contribution in [0.4, 0.5) is 0 Å². The fraction of sp³-hybridized carbons (Fsp3) is 0.0968. The number of para-hydroxylation sites is 2. The number of hydrogen-bond acceptors (Lipinski definition) is 3. The number of aromatic nitrogens is 2. The highest BCUT2D eigenvalue weighted by Crippen LogP contribution is 2.62. The third-order valence-electron chi connectivity index (χ3n) is 14.2. The summed E-state index contributed by atoms with van der Waals surface area (Å²) in [5, 5.41) is 2.25. The number of benzene rings is 8. The second-order valence-electron chi connectivity index (χ2n) is 18.0. The van der Waals surface area contributed by atoms with E-state index in [4.69, 9.17) is 14.4 Å². The van der Waals surface area contributed by atoms with Gasteiger partial charge in [0.25, 0.3) is 0 Å². The smallest absolute Gasteiger partial charge is 0.160 e. The minimum Gasteiger partial charge on any atom is -0.455 e. The number of furan rings is 1. The largest absolute Gasteiger partial charge is 0.455 e. The predicted molar refractivity (Wildman–Crippen MR) is 269 cm³/mol. The molecule has 0 N–H and O–H groups in total. The minimum atomic E-state index is -0.430. The molecular formula is C62H46N2O. The van der Waals surface area contributed by atoms with Gasteiger partial charge in [-0.1, -0.05) is 202 Å². The van der Waals surface area contributed by atoms with Crippen LogP contribution < -0.4 is 0 Å². The van der Waals surface area contributed by atoms with Crippen LogP contribution in [0.25, 0.3) is 83.7 Å². The molecule has 2 aromatic heterocycles. The first-order chi connectivity index (χ1) is 31.9. The number of nitrogens with zero attached hydrogens (tertiary/aromatic N) is 2. The normalized spacial score (nSPS) is 14.6. The summed E-state index contributed by atoms with van der Waals surface area (Å²) in [6.45, 7) is 9.25. The monoisotopic (exact) mass is 834 g/mol. The van der Waals surface area contributed by atoms with Gasteiger partial charge in [-0.15, -0.1) is 0 Å². The summed E-state index contributed by atoms with van der Waals surface area (Å²) in [6.07, 6.45) is 4.52. The van der Waals surface area contributed by atoms with Crippen molar-refractivity contribution >= 4 is 27.5 Å². The van der Waals surface area contributed by atoms with Crippen molar-refractivity contribution in [3.05, 3.63) is 245 Å². The van der Waals surface area contributed by atoms with E-state index in [0.717, 1.165) is 66.7 Å². The zero-order valence-electron chi connectivity index (χ0n) is 36.9. The van der Waals surface area contributed by atoms with E-state index in [2.05, 4.69) is 204 Å². The number of hydrogen-bond donors (Lipinski definition) is 0. The van der Waals surface area contributed by atoms with Crippen molar-refractivity contribution in [2.75, 3.05) is 0 Å². The van der Waals surface area contributed by atoms with E-state index >= 15 is 0 Å². The molecule has 1 spiro atoms. The maximum atomic E-state index is 6.41. The Morgan fingerprint density at radius 2 is 1.02 bits per heavy atom. The van der Waals surface area contributed by atoms with E-state index in [-0.39, 0.29) is 5.41 Å². The van der Waals surface area contributed by atoms with E-state index in [1.54, 1.807) is 0 Å². The Kier molecular flexibility index (Phi) is 8.86. The molecule has 3 heteroatoms. The van der Waals surface area contributed by atoms with Crippen molar-refractivity contribution in [3.8, 4) is 56.2 Å². The SMILES string of the molecule is C/C=C\C1=C(C)C2(c3ccccc3C(C)(C)c3ccccc32)c2cccc(-c3cccc(-c4cc(-c5ccc(-c6cccc7c6oc6ccccc67)cc5)nc(-c5ccccc5)n4)c3)c21. The Morgan fingerprint density at radius 3 is 1.75 bits per heavy atom. The molecule has 0 aliphatic heterocycles.